The highest BCUT2D eigenvalue weighted by Gasteiger charge is 2.17. The molecule has 1 heterocycles. The summed E-state index contributed by atoms with van der Waals surface area (Å²) in [5.74, 6) is 0.155. The van der Waals surface area contributed by atoms with Gasteiger partial charge in [-0.15, -0.1) is 0 Å². The maximum atomic E-state index is 12.4. The van der Waals surface area contributed by atoms with E-state index in [1.165, 1.54) is 11.3 Å². The molecule has 3 rings (SSSR count). The molecule has 0 aliphatic rings. The van der Waals surface area contributed by atoms with Crippen molar-refractivity contribution in [3.8, 4) is 0 Å². The first-order valence-electron chi connectivity index (χ1n) is 6.83. The number of nitrogens with zero attached hydrogens (tertiary/aromatic N) is 1. The number of hydrogen-bond acceptors (Lipinski definition) is 5. The summed E-state index contributed by atoms with van der Waals surface area (Å²) in [7, 11) is 0. The molecule has 0 aliphatic heterocycles. The lowest BCUT2D eigenvalue weighted by Crippen LogP contribution is -2.02. The SMILES string of the molecule is Cc1cccc(Nc2nc(N)c(C(=O)c3ccccc3)s2)c1. The first kappa shape index (κ1) is 14.3. The van der Waals surface area contributed by atoms with Gasteiger partial charge in [0.2, 0.25) is 5.78 Å². The van der Waals surface area contributed by atoms with Crippen molar-refractivity contribution in [1.82, 2.24) is 4.98 Å². The van der Waals surface area contributed by atoms with Crippen molar-refractivity contribution in [2.45, 2.75) is 6.92 Å². The molecule has 0 amide bonds. The quantitative estimate of drug-likeness (QED) is 0.715. The summed E-state index contributed by atoms with van der Waals surface area (Å²) in [6.07, 6.45) is 0. The van der Waals surface area contributed by atoms with Crippen molar-refractivity contribution in [2.75, 3.05) is 11.1 Å². The molecule has 0 atom stereocenters. The highest BCUT2D eigenvalue weighted by molar-refractivity contribution is 7.18. The Bertz CT molecular complexity index is 812. The van der Waals surface area contributed by atoms with E-state index in [4.69, 9.17) is 5.73 Å². The van der Waals surface area contributed by atoms with Gasteiger partial charge in [-0.3, -0.25) is 4.79 Å². The Hall–Kier alpha value is -2.66. The van der Waals surface area contributed by atoms with E-state index in [0.29, 0.717) is 15.6 Å². The second kappa shape index (κ2) is 5.99. The number of nitrogens with two attached hydrogens (primary N) is 1. The fourth-order valence-electron chi connectivity index (χ4n) is 2.12. The van der Waals surface area contributed by atoms with Gasteiger partial charge in [-0.05, 0) is 24.6 Å². The van der Waals surface area contributed by atoms with Crippen LogP contribution in [0.25, 0.3) is 0 Å². The van der Waals surface area contributed by atoms with Gasteiger partial charge in [-0.25, -0.2) is 4.98 Å². The van der Waals surface area contributed by atoms with Crippen molar-refractivity contribution in [2.24, 2.45) is 0 Å². The summed E-state index contributed by atoms with van der Waals surface area (Å²) in [5, 5.41) is 3.80. The standard InChI is InChI=1S/C17H15N3OS/c1-11-6-5-9-13(10-11)19-17-20-16(18)15(22-17)14(21)12-7-3-2-4-8-12/h2-10H,18H2,1H3,(H,19,20). The Labute approximate surface area is 132 Å². The predicted molar refractivity (Wildman–Crippen MR) is 90.9 cm³/mol. The van der Waals surface area contributed by atoms with Crippen LogP contribution < -0.4 is 11.1 Å². The zero-order chi connectivity index (χ0) is 15.5. The van der Waals surface area contributed by atoms with Crippen LogP contribution in [0.15, 0.2) is 54.6 Å². The molecule has 1 aromatic heterocycles. The molecule has 2 aromatic carbocycles. The molecule has 5 heteroatoms. The van der Waals surface area contributed by atoms with E-state index in [0.717, 1.165) is 11.3 Å². The third-order valence-corrected chi connectivity index (χ3v) is 4.15. The smallest absolute Gasteiger partial charge is 0.206 e. The molecule has 22 heavy (non-hydrogen) atoms. The third kappa shape index (κ3) is 2.99. The van der Waals surface area contributed by atoms with Crippen LogP contribution in [0.5, 0.6) is 0 Å². The summed E-state index contributed by atoms with van der Waals surface area (Å²) in [5.41, 5.74) is 8.58. The number of thiazole rings is 1. The molecule has 0 saturated carbocycles. The molecule has 0 aliphatic carbocycles. The Morgan fingerprint density at radius 2 is 1.91 bits per heavy atom. The lowest BCUT2D eigenvalue weighted by molar-refractivity contribution is 0.104. The number of carbonyl (C=O) groups excluding carboxylic acids is 1. The highest BCUT2D eigenvalue weighted by Crippen LogP contribution is 2.29. The van der Waals surface area contributed by atoms with Crippen LogP contribution >= 0.6 is 11.3 Å². The molecule has 3 aromatic rings. The predicted octanol–water partition coefficient (Wildman–Crippen LogP) is 4.01. The lowest BCUT2D eigenvalue weighted by Gasteiger charge is -2.02. The third-order valence-electron chi connectivity index (χ3n) is 3.16. The Morgan fingerprint density at radius 3 is 2.64 bits per heavy atom. The largest absolute Gasteiger partial charge is 0.382 e. The van der Waals surface area contributed by atoms with Crippen LogP contribution in [0.3, 0.4) is 0 Å². The van der Waals surface area contributed by atoms with E-state index in [-0.39, 0.29) is 11.6 Å². The molecule has 0 fully saturated rings. The Kier molecular flexibility index (Phi) is 3.89. The van der Waals surface area contributed by atoms with Gasteiger partial charge in [0, 0.05) is 11.3 Å². The van der Waals surface area contributed by atoms with Gasteiger partial charge < -0.3 is 11.1 Å². The summed E-state index contributed by atoms with van der Waals surface area (Å²) in [6, 6.07) is 17.0. The molecule has 0 saturated heterocycles. The first-order chi connectivity index (χ1) is 10.6. The summed E-state index contributed by atoms with van der Waals surface area (Å²) >= 11 is 1.27. The minimum atomic E-state index is -0.104. The second-order valence-corrected chi connectivity index (χ2v) is 5.92. The van der Waals surface area contributed by atoms with Crippen molar-refractivity contribution in [3.05, 3.63) is 70.6 Å². The molecule has 0 bridgehead atoms. The summed E-state index contributed by atoms with van der Waals surface area (Å²) < 4.78 is 0. The maximum absolute atomic E-state index is 12.4. The molecule has 3 N–H and O–H groups in total. The topological polar surface area (TPSA) is 68.0 Å². The number of carbonyl (C=O) groups is 1. The monoisotopic (exact) mass is 309 g/mol. The average molecular weight is 309 g/mol. The summed E-state index contributed by atoms with van der Waals surface area (Å²) in [4.78, 5) is 17.2. The van der Waals surface area contributed by atoms with Crippen molar-refractivity contribution in [1.29, 1.82) is 0 Å². The van der Waals surface area contributed by atoms with Gasteiger partial charge in [0.25, 0.3) is 0 Å². The van der Waals surface area contributed by atoms with E-state index < -0.39 is 0 Å². The van der Waals surface area contributed by atoms with Crippen LogP contribution in [0, 0.1) is 6.92 Å². The maximum Gasteiger partial charge on any atom is 0.206 e. The van der Waals surface area contributed by atoms with E-state index >= 15 is 0 Å². The van der Waals surface area contributed by atoms with E-state index in [1.807, 2.05) is 49.4 Å². The number of benzene rings is 2. The zero-order valence-electron chi connectivity index (χ0n) is 12.0. The Morgan fingerprint density at radius 1 is 1.14 bits per heavy atom. The van der Waals surface area contributed by atoms with Gasteiger partial charge in [0.15, 0.2) is 5.13 Å². The van der Waals surface area contributed by atoms with E-state index in [2.05, 4.69) is 10.3 Å². The fraction of sp³-hybridized carbons (Fsp3) is 0.0588. The number of hydrogen-bond donors (Lipinski definition) is 2. The van der Waals surface area contributed by atoms with Crippen molar-refractivity contribution < 1.29 is 4.79 Å². The molecule has 0 spiro atoms. The number of aryl methyl sites for hydroxylation is 1. The fourth-order valence-corrected chi connectivity index (χ4v) is 2.98. The zero-order valence-corrected chi connectivity index (χ0v) is 12.9. The van der Waals surface area contributed by atoms with E-state index in [9.17, 15) is 4.79 Å². The number of anilines is 3. The molecule has 110 valence electrons. The minimum absolute atomic E-state index is 0.104. The average Bonchev–Trinajstić information content (AvgIpc) is 2.88. The van der Waals surface area contributed by atoms with Crippen LogP contribution in [0.1, 0.15) is 20.8 Å². The molecule has 0 radical (unpaired) electrons. The summed E-state index contributed by atoms with van der Waals surface area (Å²) in [6.45, 7) is 2.02. The van der Waals surface area contributed by atoms with Gasteiger partial charge in [0.05, 0.1) is 0 Å². The minimum Gasteiger partial charge on any atom is -0.382 e. The van der Waals surface area contributed by atoms with Crippen LogP contribution in [0.2, 0.25) is 0 Å². The highest BCUT2D eigenvalue weighted by atomic mass is 32.1. The van der Waals surface area contributed by atoms with Gasteiger partial charge >= 0.3 is 0 Å². The number of rotatable bonds is 4. The Balaban J connectivity index is 1.86. The van der Waals surface area contributed by atoms with Crippen molar-refractivity contribution >= 4 is 33.8 Å². The second-order valence-electron chi connectivity index (χ2n) is 4.92. The number of nitrogen functional groups attached to an aromatic ring is 1. The van der Waals surface area contributed by atoms with Crippen LogP contribution in [-0.2, 0) is 0 Å². The molecule has 4 nitrogen and oxygen atoms in total. The van der Waals surface area contributed by atoms with E-state index in [1.54, 1.807) is 12.1 Å². The van der Waals surface area contributed by atoms with Gasteiger partial charge in [-0.2, -0.15) is 0 Å². The molecular weight excluding hydrogens is 294 g/mol. The molecular formula is C17H15N3OS. The normalized spacial score (nSPS) is 10.4. The van der Waals surface area contributed by atoms with Gasteiger partial charge in [-0.1, -0.05) is 53.8 Å². The van der Waals surface area contributed by atoms with Crippen LogP contribution in [-0.4, -0.2) is 10.8 Å². The van der Waals surface area contributed by atoms with Crippen molar-refractivity contribution in [3.63, 3.8) is 0 Å². The van der Waals surface area contributed by atoms with Crippen LogP contribution in [0.4, 0.5) is 16.6 Å². The molecule has 0 unspecified atom stereocenters. The van der Waals surface area contributed by atoms with Gasteiger partial charge in [0.1, 0.15) is 10.7 Å². The number of ketones is 1. The first-order valence-corrected chi connectivity index (χ1v) is 7.65. The number of aromatic nitrogens is 1. The lowest BCUT2D eigenvalue weighted by atomic mass is 10.1. The number of nitrogens with one attached hydrogen (secondary N) is 1.